The van der Waals surface area contributed by atoms with E-state index in [1.165, 1.54) is 0 Å². The lowest BCUT2D eigenvalue weighted by molar-refractivity contribution is -0.0584. The van der Waals surface area contributed by atoms with Crippen molar-refractivity contribution in [2.75, 3.05) is 0 Å². The van der Waals surface area contributed by atoms with Crippen LogP contribution in [-0.4, -0.2) is 20.0 Å². The fourth-order valence-corrected chi connectivity index (χ4v) is 1.53. The van der Waals surface area contributed by atoms with E-state index < -0.39 is 53.7 Å². The van der Waals surface area contributed by atoms with Gasteiger partial charge in [0.2, 0.25) is 0 Å². The molecule has 0 bridgehead atoms. The molecule has 3 nitrogen and oxygen atoms in total. The van der Waals surface area contributed by atoms with Gasteiger partial charge in [-0.15, -0.1) is 0 Å². The summed E-state index contributed by atoms with van der Waals surface area (Å²) in [4.78, 5) is 0. The lowest BCUT2D eigenvalue weighted by Gasteiger charge is -2.21. The molecule has 1 saturated carbocycles. The molecular formula is C7H11F3O3S. The number of rotatable bonds is 2. The normalized spacial score (nSPS) is 32.5. The quantitative estimate of drug-likeness (QED) is 0.545. The lowest BCUT2D eigenvalue weighted by Crippen LogP contribution is -2.31. The lowest BCUT2D eigenvalue weighted by atomic mass is 9.98. The molecule has 0 radical (unpaired) electrons. The average Bonchev–Trinajstić information content (AvgIpc) is 1.92. The molecule has 0 saturated heterocycles. The third-order valence-corrected chi connectivity index (χ3v) is 2.63. The van der Waals surface area contributed by atoms with Crippen LogP contribution in [0.2, 0.25) is 0 Å². The van der Waals surface area contributed by atoms with E-state index in [1.54, 1.807) is 0 Å². The van der Waals surface area contributed by atoms with Crippen LogP contribution in [0.15, 0.2) is 0 Å². The summed E-state index contributed by atoms with van der Waals surface area (Å²) in [6.45, 7) is 0. The van der Waals surface area contributed by atoms with Crippen molar-refractivity contribution in [3.63, 3.8) is 0 Å². The Morgan fingerprint density at radius 2 is 1.79 bits per heavy atom. The largest absolute Gasteiger partial charge is 0.523 e. The molecule has 0 aliphatic heterocycles. The second-order valence-electron chi connectivity index (χ2n) is 2.70. The maximum Gasteiger partial charge on any atom is 0.523 e. The zero-order valence-electron chi connectivity index (χ0n) is 11.0. The molecule has 1 rings (SSSR count). The smallest absolute Gasteiger partial charge is 0.260 e. The van der Waals surface area contributed by atoms with Crippen molar-refractivity contribution in [3.05, 3.63) is 0 Å². The highest BCUT2D eigenvalue weighted by Crippen LogP contribution is 2.29. The molecule has 1 fully saturated rings. The molecule has 0 amide bonds. The third kappa shape index (κ3) is 2.84. The molecule has 0 heterocycles. The molecule has 7 heteroatoms. The molecule has 0 atom stereocenters. The van der Waals surface area contributed by atoms with E-state index in [2.05, 4.69) is 4.18 Å². The average molecular weight is 236 g/mol. The highest BCUT2D eigenvalue weighted by Gasteiger charge is 2.48. The van der Waals surface area contributed by atoms with E-state index >= 15 is 0 Å². The highest BCUT2D eigenvalue weighted by atomic mass is 32.2. The fourth-order valence-electron chi connectivity index (χ4n) is 0.929. The minimum absolute atomic E-state index is 0.508. The van der Waals surface area contributed by atoms with Crippen LogP contribution in [0.4, 0.5) is 13.2 Å². The summed E-state index contributed by atoms with van der Waals surface area (Å²) in [7, 11) is -5.83. The van der Waals surface area contributed by atoms with Crippen molar-refractivity contribution in [1.29, 1.82) is 0 Å². The van der Waals surface area contributed by atoms with Gasteiger partial charge in [-0.25, -0.2) is 0 Å². The van der Waals surface area contributed by atoms with Gasteiger partial charge in [-0.2, -0.15) is 21.6 Å². The Labute approximate surface area is 86.0 Å². The molecule has 0 unspecified atom stereocenters. The van der Waals surface area contributed by atoms with Crippen LogP contribution in [0.3, 0.4) is 0 Å². The first-order valence-corrected chi connectivity index (χ1v) is 5.15. The molecule has 0 N–H and O–H groups in total. The van der Waals surface area contributed by atoms with Gasteiger partial charge in [0.25, 0.3) is 0 Å². The first-order valence-electron chi connectivity index (χ1n) is 5.74. The molecule has 0 aromatic rings. The van der Waals surface area contributed by atoms with Crippen molar-refractivity contribution in [3.8, 4) is 0 Å². The van der Waals surface area contributed by atoms with Crippen LogP contribution < -0.4 is 0 Å². The Bertz CT molecular complexity index is 404. The zero-order valence-corrected chi connectivity index (χ0v) is 7.78. The Kier molecular flexibility index (Phi) is 2.04. The van der Waals surface area contributed by atoms with Crippen molar-refractivity contribution in [1.82, 2.24) is 0 Å². The van der Waals surface area contributed by atoms with Crippen LogP contribution in [0.1, 0.15) is 37.5 Å². The Morgan fingerprint density at radius 1 is 1.29 bits per heavy atom. The predicted molar refractivity (Wildman–Crippen MR) is 42.9 cm³/mol. The molecule has 0 aromatic heterocycles. The Morgan fingerprint density at radius 3 is 2.21 bits per heavy atom. The molecule has 14 heavy (non-hydrogen) atoms. The summed E-state index contributed by atoms with van der Waals surface area (Å²) in [5.41, 5.74) is -5.59. The van der Waals surface area contributed by atoms with E-state index in [9.17, 15) is 21.6 Å². The number of hydrogen-bond acceptors (Lipinski definition) is 3. The Hall–Kier alpha value is -0.300. The Balaban J connectivity index is 2.86. The molecule has 0 aromatic carbocycles. The number of alkyl halides is 3. The van der Waals surface area contributed by atoms with Gasteiger partial charge in [0.05, 0.1) is 6.10 Å². The molecule has 84 valence electrons. The van der Waals surface area contributed by atoms with E-state index in [0.29, 0.717) is 0 Å². The minimum atomic E-state index is -5.83. The molecule has 1 aliphatic carbocycles. The van der Waals surface area contributed by atoms with Crippen LogP contribution in [0.5, 0.6) is 0 Å². The summed E-state index contributed by atoms with van der Waals surface area (Å²) in [6, 6.07) is 0. The number of hydrogen-bond donors (Lipinski definition) is 0. The van der Waals surface area contributed by atoms with Gasteiger partial charge in [-0.1, -0.05) is 19.2 Å². The molecule has 0 spiro atoms. The minimum Gasteiger partial charge on any atom is -0.260 e. The van der Waals surface area contributed by atoms with Crippen LogP contribution >= 0.6 is 0 Å². The van der Waals surface area contributed by atoms with Crippen molar-refractivity contribution in [2.45, 2.75) is 43.6 Å². The SMILES string of the molecule is [2H]C1([2H])CC(OS(=O)(=O)C(F)(F)F)CC([2H])([2H])C1. The third-order valence-electron chi connectivity index (χ3n) is 1.54. The molecule has 1 aliphatic rings. The maximum absolute atomic E-state index is 12.1. The fraction of sp³-hybridized carbons (Fsp3) is 1.00. The second kappa shape index (κ2) is 4.06. The highest BCUT2D eigenvalue weighted by molar-refractivity contribution is 7.87. The summed E-state index contributed by atoms with van der Waals surface area (Å²) in [6.07, 6.45) is -7.56. The predicted octanol–water partition coefficient (Wildman–Crippen LogP) is 2.19. The van der Waals surface area contributed by atoms with E-state index in [4.69, 9.17) is 5.48 Å². The first-order chi connectivity index (χ1) is 7.74. The molecular weight excluding hydrogens is 221 g/mol. The van der Waals surface area contributed by atoms with E-state index in [0.717, 1.165) is 0 Å². The van der Waals surface area contributed by atoms with Gasteiger partial charge in [0, 0.05) is 5.48 Å². The van der Waals surface area contributed by atoms with Gasteiger partial charge < -0.3 is 0 Å². The summed E-state index contributed by atoms with van der Waals surface area (Å²) >= 11 is 0. The van der Waals surface area contributed by atoms with Gasteiger partial charge >= 0.3 is 15.6 Å². The van der Waals surface area contributed by atoms with Crippen LogP contribution in [0.25, 0.3) is 0 Å². The number of halogens is 3. The summed E-state index contributed by atoms with van der Waals surface area (Å²) in [5.74, 6) is 0. The van der Waals surface area contributed by atoms with Crippen molar-refractivity contribution >= 4 is 10.1 Å². The summed E-state index contributed by atoms with van der Waals surface area (Å²) < 4.78 is 91.0. The van der Waals surface area contributed by atoms with E-state index in [1.807, 2.05) is 0 Å². The van der Waals surface area contributed by atoms with Crippen molar-refractivity contribution in [2.24, 2.45) is 0 Å². The van der Waals surface area contributed by atoms with Gasteiger partial charge in [0.1, 0.15) is 0 Å². The monoisotopic (exact) mass is 236 g/mol. The van der Waals surface area contributed by atoms with Gasteiger partial charge in [-0.3, -0.25) is 4.18 Å². The van der Waals surface area contributed by atoms with Crippen molar-refractivity contribution < 1.29 is 31.3 Å². The van der Waals surface area contributed by atoms with Gasteiger partial charge in [0.15, 0.2) is 0 Å². The second-order valence-corrected chi connectivity index (χ2v) is 4.27. The van der Waals surface area contributed by atoms with E-state index in [-0.39, 0.29) is 0 Å². The van der Waals surface area contributed by atoms with Crippen LogP contribution in [-0.2, 0) is 14.3 Å². The summed E-state index contributed by atoms with van der Waals surface area (Å²) in [5, 5.41) is 0. The van der Waals surface area contributed by atoms with Gasteiger partial charge in [-0.05, 0) is 12.8 Å². The first kappa shape index (κ1) is 7.05. The van der Waals surface area contributed by atoms with Crippen LogP contribution in [0, 0.1) is 0 Å². The topological polar surface area (TPSA) is 43.4 Å². The maximum atomic E-state index is 12.1. The standard InChI is InChI=1S/C7H11F3O3S/c8-7(9,10)14(11,12)13-6-4-2-1-3-5-6/h6H,1-5H2/i2D2,3D2. The zero-order chi connectivity index (χ0) is 14.4.